The van der Waals surface area contributed by atoms with Gasteiger partial charge in [-0.05, 0) is 30.7 Å². The average molecular weight is 328 g/mol. The second kappa shape index (κ2) is 7.11. The van der Waals surface area contributed by atoms with Crippen molar-refractivity contribution in [3.8, 4) is 29.7 Å². The van der Waals surface area contributed by atoms with Crippen LogP contribution in [0.5, 0.6) is 17.4 Å². The second-order valence-corrected chi connectivity index (χ2v) is 4.66. The van der Waals surface area contributed by atoms with Crippen molar-refractivity contribution in [1.82, 2.24) is 4.98 Å². The van der Waals surface area contributed by atoms with Crippen LogP contribution in [-0.2, 0) is 0 Å². The number of aromatic carboxylic acids is 1. The van der Waals surface area contributed by atoms with E-state index < -0.39 is 10.9 Å². The predicted octanol–water partition coefficient (Wildman–Crippen LogP) is 2.80. The molecule has 0 fully saturated rings. The standard InChI is InChI=1S/C16H12N2O6/c1-3-6-23-14-8-11(16(19)20)4-5-13(14)24-15-12(18(21)22)7-10(2)9-17-15/h1,4-5,7-9H,6H2,2H3,(H,19,20). The van der Waals surface area contributed by atoms with E-state index >= 15 is 0 Å². The zero-order chi connectivity index (χ0) is 17.7. The van der Waals surface area contributed by atoms with Crippen molar-refractivity contribution in [3.05, 3.63) is 51.7 Å². The van der Waals surface area contributed by atoms with Crippen LogP contribution in [0.1, 0.15) is 15.9 Å². The summed E-state index contributed by atoms with van der Waals surface area (Å²) in [6.07, 6.45) is 6.54. The Morgan fingerprint density at radius 3 is 2.79 bits per heavy atom. The number of aryl methyl sites for hydroxylation is 1. The van der Waals surface area contributed by atoms with Gasteiger partial charge in [-0.3, -0.25) is 10.1 Å². The fourth-order valence-electron chi connectivity index (χ4n) is 1.81. The summed E-state index contributed by atoms with van der Waals surface area (Å²) in [5, 5.41) is 20.1. The molecule has 0 aliphatic heterocycles. The maximum Gasteiger partial charge on any atom is 0.335 e. The number of carboxylic acids is 1. The van der Waals surface area contributed by atoms with Gasteiger partial charge in [0.2, 0.25) is 0 Å². The number of hydrogen-bond donors (Lipinski definition) is 1. The normalized spacial score (nSPS) is 9.83. The van der Waals surface area contributed by atoms with Crippen LogP contribution >= 0.6 is 0 Å². The lowest BCUT2D eigenvalue weighted by molar-refractivity contribution is -0.386. The first kappa shape index (κ1) is 16.8. The van der Waals surface area contributed by atoms with E-state index in [2.05, 4.69) is 10.9 Å². The molecule has 1 heterocycles. The zero-order valence-corrected chi connectivity index (χ0v) is 12.6. The molecule has 0 amide bonds. The lowest BCUT2D eigenvalue weighted by Crippen LogP contribution is -2.02. The number of terminal acetylenes is 1. The number of pyridine rings is 1. The van der Waals surface area contributed by atoms with Crippen LogP contribution in [0.25, 0.3) is 0 Å². The number of carboxylic acid groups (broad SMARTS) is 1. The predicted molar refractivity (Wildman–Crippen MR) is 83.4 cm³/mol. The first-order valence-corrected chi connectivity index (χ1v) is 6.65. The van der Waals surface area contributed by atoms with E-state index in [0.29, 0.717) is 5.56 Å². The first-order chi connectivity index (χ1) is 11.4. The fourth-order valence-corrected chi connectivity index (χ4v) is 1.81. The first-order valence-electron chi connectivity index (χ1n) is 6.65. The highest BCUT2D eigenvalue weighted by atomic mass is 16.6. The molecule has 1 aromatic heterocycles. The Labute approximate surface area is 136 Å². The summed E-state index contributed by atoms with van der Waals surface area (Å²) in [6.45, 7) is 1.54. The molecule has 1 aromatic carbocycles. The summed E-state index contributed by atoms with van der Waals surface area (Å²) in [7, 11) is 0. The minimum absolute atomic E-state index is 0.0410. The van der Waals surface area contributed by atoms with Gasteiger partial charge >= 0.3 is 11.7 Å². The molecule has 8 nitrogen and oxygen atoms in total. The smallest absolute Gasteiger partial charge is 0.335 e. The number of carbonyl (C=O) groups is 1. The van der Waals surface area contributed by atoms with E-state index in [4.69, 9.17) is 21.0 Å². The van der Waals surface area contributed by atoms with Crippen molar-refractivity contribution >= 4 is 11.7 Å². The van der Waals surface area contributed by atoms with Crippen molar-refractivity contribution in [2.75, 3.05) is 6.61 Å². The van der Waals surface area contributed by atoms with Gasteiger partial charge in [0.25, 0.3) is 5.88 Å². The van der Waals surface area contributed by atoms with E-state index in [1.165, 1.54) is 30.5 Å². The lowest BCUT2D eigenvalue weighted by Gasteiger charge is -2.11. The molecule has 1 N–H and O–H groups in total. The van der Waals surface area contributed by atoms with Crippen LogP contribution in [0.4, 0.5) is 5.69 Å². The van der Waals surface area contributed by atoms with Crippen LogP contribution in [-0.4, -0.2) is 27.6 Å². The summed E-state index contributed by atoms with van der Waals surface area (Å²) in [6, 6.07) is 5.13. The molecule has 0 unspecified atom stereocenters. The molecule has 0 radical (unpaired) electrons. The van der Waals surface area contributed by atoms with Gasteiger partial charge in [0.05, 0.1) is 10.5 Å². The van der Waals surface area contributed by atoms with Crippen LogP contribution in [0.2, 0.25) is 0 Å². The zero-order valence-electron chi connectivity index (χ0n) is 12.6. The molecule has 0 aliphatic carbocycles. The number of nitro groups is 1. The van der Waals surface area contributed by atoms with Crippen molar-refractivity contribution in [2.45, 2.75) is 6.92 Å². The summed E-state index contributed by atoms with van der Waals surface area (Å²) >= 11 is 0. The molecule has 0 bridgehead atoms. The fraction of sp³-hybridized carbons (Fsp3) is 0.125. The number of ether oxygens (including phenoxy) is 2. The summed E-state index contributed by atoms with van der Waals surface area (Å²) < 4.78 is 10.7. The molecule has 2 rings (SSSR count). The maximum atomic E-state index is 11.1. The Kier molecular flexibility index (Phi) is 4.96. The monoisotopic (exact) mass is 328 g/mol. The van der Waals surface area contributed by atoms with Gasteiger partial charge in [0.15, 0.2) is 11.5 Å². The number of aromatic nitrogens is 1. The van der Waals surface area contributed by atoms with Crippen molar-refractivity contribution in [2.24, 2.45) is 0 Å². The van der Waals surface area contributed by atoms with Crippen LogP contribution in [0.15, 0.2) is 30.5 Å². The van der Waals surface area contributed by atoms with E-state index in [1.54, 1.807) is 6.92 Å². The van der Waals surface area contributed by atoms with Crippen LogP contribution in [0.3, 0.4) is 0 Å². The Morgan fingerprint density at radius 2 is 2.17 bits per heavy atom. The van der Waals surface area contributed by atoms with Gasteiger partial charge < -0.3 is 14.6 Å². The third kappa shape index (κ3) is 3.78. The minimum Gasteiger partial charge on any atom is -0.478 e. The number of rotatable bonds is 6. The number of nitrogens with zero attached hydrogens (tertiary/aromatic N) is 2. The Morgan fingerprint density at radius 1 is 1.42 bits per heavy atom. The summed E-state index contributed by atoms with van der Waals surface area (Å²) in [5.74, 6) is 0.957. The largest absolute Gasteiger partial charge is 0.478 e. The van der Waals surface area contributed by atoms with Crippen LogP contribution in [0, 0.1) is 29.4 Å². The Balaban J connectivity index is 2.44. The second-order valence-electron chi connectivity index (χ2n) is 4.66. The molecular formula is C16H12N2O6. The highest BCUT2D eigenvalue weighted by Gasteiger charge is 2.20. The van der Waals surface area contributed by atoms with Crippen molar-refractivity contribution in [1.29, 1.82) is 0 Å². The number of hydrogen-bond acceptors (Lipinski definition) is 6. The maximum absolute atomic E-state index is 11.1. The molecule has 24 heavy (non-hydrogen) atoms. The summed E-state index contributed by atoms with van der Waals surface area (Å²) in [5.41, 5.74) is 0.236. The van der Waals surface area contributed by atoms with Gasteiger partial charge in [-0.25, -0.2) is 9.78 Å². The van der Waals surface area contributed by atoms with E-state index in [-0.39, 0.29) is 35.2 Å². The van der Waals surface area contributed by atoms with Crippen molar-refractivity contribution in [3.63, 3.8) is 0 Å². The third-order valence-electron chi connectivity index (χ3n) is 2.87. The van der Waals surface area contributed by atoms with Gasteiger partial charge in [-0.1, -0.05) is 5.92 Å². The molecule has 0 spiro atoms. The lowest BCUT2D eigenvalue weighted by atomic mass is 10.2. The highest BCUT2D eigenvalue weighted by Crippen LogP contribution is 2.35. The molecule has 8 heteroatoms. The number of benzene rings is 1. The molecule has 122 valence electrons. The van der Waals surface area contributed by atoms with E-state index in [0.717, 1.165) is 0 Å². The molecule has 0 saturated heterocycles. The molecule has 0 aliphatic rings. The minimum atomic E-state index is -1.16. The van der Waals surface area contributed by atoms with Gasteiger partial charge in [-0.15, -0.1) is 6.42 Å². The molecule has 0 atom stereocenters. The molecule has 0 saturated carbocycles. The van der Waals surface area contributed by atoms with Gasteiger partial charge in [-0.2, -0.15) is 0 Å². The van der Waals surface area contributed by atoms with E-state index in [1.807, 2.05) is 0 Å². The topological polar surface area (TPSA) is 112 Å². The quantitative estimate of drug-likeness (QED) is 0.493. The van der Waals surface area contributed by atoms with Gasteiger partial charge in [0, 0.05) is 12.3 Å². The highest BCUT2D eigenvalue weighted by molar-refractivity contribution is 5.88. The summed E-state index contributed by atoms with van der Waals surface area (Å²) in [4.78, 5) is 25.4. The van der Waals surface area contributed by atoms with Crippen molar-refractivity contribution < 1.29 is 24.3 Å². The molecule has 2 aromatic rings. The van der Waals surface area contributed by atoms with Gasteiger partial charge in [0.1, 0.15) is 6.61 Å². The van der Waals surface area contributed by atoms with E-state index in [9.17, 15) is 14.9 Å². The SMILES string of the molecule is C#CCOc1cc(C(=O)O)ccc1Oc1ncc(C)cc1[N+](=O)[O-]. The third-order valence-corrected chi connectivity index (χ3v) is 2.87. The Bertz CT molecular complexity index is 841. The Hall–Kier alpha value is -3.60. The molecular weight excluding hydrogens is 316 g/mol. The van der Waals surface area contributed by atoms with Crippen LogP contribution < -0.4 is 9.47 Å². The average Bonchev–Trinajstić information content (AvgIpc) is 2.55.